The van der Waals surface area contributed by atoms with Gasteiger partial charge < -0.3 is 14.9 Å². The number of hydrogen-bond acceptors (Lipinski definition) is 3. The number of hydrogen-bond donors (Lipinski definition) is 2. The second-order valence-electron chi connectivity index (χ2n) is 10.7. The Morgan fingerprint density at radius 2 is 1.76 bits per heavy atom. The zero-order valence-electron chi connectivity index (χ0n) is 22.0. The van der Waals surface area contributed by atoms with Crippen LogP contribution in [0.4, 0.5) is 0 Å². The molecule has 0 bridgehead atoms. The van der Waals surface area contributed by atoms with Crippen molar-refractivity contribution in [3.05, 3.63) is 47.6 Å². The van der Waals surface area contributed by atoms with Crippen LogP contribution in [0.25, 0.3) is 0 Å². The smallest absolute Gasteiger partial charge is 0.0825 e. The first-order chi connectivity index (χ1) is 15.8. The molecule has 3 fully saturated rings. The Morgan fingerprint density at radius 1 is 1.03 bits per heavy atom. The first kappa shape index (κ1) is 28.1. The van der Waals surface area contributed by atoms with Crippen LogP contribution in [0, 0.1) is 17.3 Å². The second-order valence-corrected chi connectivity index (χ2v) is 10.7. The number of aliphatic hydroxyl groups excluding tert-OH is 1. The van der Waals surface area contributed by atoms with Crippen molar-refractivity contribution in [3.63, 3.8) is 0 Å². The lowest BCUT2D eigenvalue weighted by Gasteiger charge is -2.42. The van der Waals surface area contributed by atoms with Crippen molar-refractivity contribution in [2.45, 2.75) is 110 Å². The van der Waals surface area contributed by atoms with Gasteiger partial charge in [-0.05, 0) is 94.3 Å². The van der Waals surface area contributed by atoms with Crippen LogP contribution in [0.2, 0.25) is 0 Å². The van der Waals surface area contributed by atoms with Crippen LogP contribution < -0.4 is 0 Å². The summed E-state index contributed by atoms with van der Waals surface area (Å²) in [6, 6.07) is 0. The molecule has 0 aromatic heterocycles. The van der Waals surface area contributed by atoms with Gasteiger partial charge in [-0.15, -0.1) is 0 Å². The van der Waals surface area contributed by atoms with E-state index in [-0.39, 0.29) is 6.10 Å². The van der Waals surface area contributed by atoms with E-state index in [4.69, 9.17) is 0 Å². The predicted molar refractivity (Wildman–Crippen MR) is 140 cm³/mol. The molecule has 0 saturated heterocycles. The van der Waals surface area contributed by atoms with Crippen molar-refractivity contribution < 1.29 is 14.9 Å². The van der Waals surface area contributed by atoms with Crippen molar-refractivity contribution in [2.75, 3.05) is 14.2 Å². The van der Waals surface area contributed by atoms with Crippen LogP contribution in [0.3, 0.4) is 0 Å². The Morgan fingerprint density at radius 3 is 2.42 bits per heavy atom. The Bertz CT molecular complexity index is 697. The number of methoxy groups -OCH3 is 1. The van der Waals surface area contributed by atoms with E-state index in [0.717, 1.165) is 56.8 Å². The molecule has 188 valence electrons. The SMILES string of the molecule is CCC(O)(/C=C/C=C/CC1CCC2/C(=C/C=C3/CCCC(O)C3)CCCC12C)CC.COC. The predicted octanol–water partition coefficient (Wildman–Crippen LogP) is 7.31. The third kappa shape index (κ3) is 7.94. The molecule has 0 radical (unpaired) electrons. The highest BCUT2D eigenvalue weighted by atomic mass is 16.4. The second kappa shape index (κ2) is 13.7. The minimum absolute atomic E-state index is 0.123. The summed E-state index contributed by atoms with van der Waals surface area (Å²) in [5.41, 5.74) is 2.88. The van der Waals surface area contributed by atoms with Crippen molar-refractivity contribution in [1.82, 2.24) is 0 Å². The summed E-state index contributed by atoms with van der Waals surface area (Å²) in [6.07, 6.45) is 26.5. The van der Waals surface area contributed by atoms with Gasteiger partial charge in [-0.25, -0.2) is 0 Å². The standard InChI is InChI=1S/C28H44O2.C2H6O/c1-4-28(30,5-2)20-8-6-7-13-24-17-18-26-23(12-10-19-27(24,26)3)16-15-22-11-9-14-25(29)21-22;1-3-2/h6-8,15-16,20,24-26,29-30H,4-5,9-14,17-19,21H2,1-3H3;1-2H3/b7-6+,20-8+,22-15-,23-16+;. The highest BCUT2D eigenvalue weighted by Gasteiger charge is 2.48. The molecule has 3 heteroatoms. The molecular formula is C30H50O3. The molecule has 3 aliphatic carbocycles. The maximum atomic E-state index is 10.4. The van der Waals surface area contributed by atoms with Gasteiger partial charge in [0.25, 0.3) is 0 Å². The van der Waals surface area contributed by atoms with Gasteiger partial charge in [-0.1, -0.05) is 68.4 Å². The largest absolute Gasteiger partial charge is 0.393 e. The average molecular weight is 459 g/mol. The maximum absolute atomic E-state index is 10.4. The first-order valence-corrected chi connectivity index (χ1v) is 13.3. The Labute approximate surface area is 203 Å². The van der Waals surface area contributed by atoms with E-state index in [0.29, 0.717) is 5.41 Å². The van der Waals surface area contributed by atoms with E-state index in [1.807, 2.05) is 26.0 Å². The van der Waals surface area contributed by atoms with Crippen molar-refractivity contribution in [2.24, 2.45) is 17.3 Å². The Kier molecular flexibility index (Phi) is 11.6. The highest BCUT2D eigenvalue weighted by Crippen LogP contribution is 2.58. The summed E-state index contributed by atoms with van der Waals surface area (Å²) < 4.78 is 4.25. The molecule has 33 heavy (non-hydrogen) atoms. The Balaban J connectivity index is 0.00000122. The molecule has 3 rings (SSSR count). The van der Waals surface area contributed by atoms with E-state index in [9.17, 15) is 10.2 Å². The van der Waals surface area contributed by atoms with Gasteiger partial charge in [0.15, 0.2) is 0 Å². The van der Waals surface area contributed by atoms with Gasteiger partial charge in [-0.2, -0.15) is 0 Å². The lowest BCUT2D eigenvalue weighted by Crippen LogP contribution is -2.33. The molecule has 4 atom stereocenters. The van der Waals surface area contributed by atoms with Gasteiger partial charge in [0.1, 0.15) is 0 Å². The molecule has 2 N–H and O–H groups in total. The van der Waals surface area contributed by atoms with Gasteiger partial charge in [-0.3, -0.25) is 0 Å². The number of rotatable bonds is 7. The van der Waals surface area contributed by atoms with E-state index in [2.05, 4.69) is 36.0 Å². The fourth-order valence-electron chi connectivity index (χ4n) is 6.22. The Hall–Kier alpha value is -1.16. The van der Waals surface area contributed by atoms with E-state index < -0.39 is 5.60 Å². The third-order valence-electron chi connectivity index (χ3n) is 8.53. The molecule has 0 spiro atoms. The molecule has 3 nitrogen and oxygen atoms in total. The molecule has 0 heterocycles. The molecule has 0 aromatic carbocycles. The molecule has 0 amide bonds. The van der Waals surface area contributed by atoms with Crippen LogP contribution in [0.5, 0.6) is 0 Å². The van der Waals surface area contributed by atoms with Gasteiger partial charge >= 0.3 is 0 Å². The number of ether oxygens (including phenoxy) is 1. The van der Waals surface area contributed by atoms with Crippen LogP contribution in [0.1, 0.15) is 97.8 Å². The number of aliphatic hydroxyl groups is 2. The molecule has 3 saturated carbocycles. The fraction of sp³-hybridized carbons (Fsp3) is 0.733. The number of allylic oxidation sites excluding steroid dienone is 6. The lowest BCUT2D eigenvalue weighted by molar-refractivity contribution is 0.0828. The van der Waals surface area contributed by atoms with Crippen molar-refractivity contribution in [1.29, 1.82) is 0 Å². The minimum Gasteiger partial charge on any atom is -0.393 e. The summed E-state index contributed by atoms with van der Waals surface area (Å²) in [4.78, 5) is 0. The summed E-state index contributed by atoms with van der Waals surface area (Å²) in [5, 5.41) is 20.3. The van der Waals surface area contributed by atoms with Crippen molar-refractivity contribution in [3.8, 4) is 0 Å². The van der Waals surface area contributed by atoms with Crippen LogP contribution in [-0.4, -0.2) is 36.1 Å². The lowest BCUT2D eigenvalue weighted by atomic mass is 9.63. The first-order valence-electron chi connectivity index (χ1n) is 13.3. The zero-order valence-corrected chi connectivity index (χ0v) is 22.0. The molecule has 3 aliphatic rings. The summed E-state index contributed by atoms with van der Waals surface area (Å²) in [6.45, 7) is 6.62. The van der Waals surface area contributed by atoms with Crippen molar-refractivity contribution >= 4 is 0 Å². The molecule has 0 aliphatic heterocycles. The van der Waals surface area contributed by atoms with Gasteiger partial charge in [0, 0.05) is 14.2 Å². The topological polar surface area (TPSA) is 49.7 Å². The maximum Gasteiger partial charge on any atom is 0.0825 e. The van der Waals surface area contributed by atoms with E-state index in [1.54, 1.807) is 19.8 Å². The van der Waals surface area contributed by atoms with E-state index >= 15 is 0 Å². The normalized spacial score (nSPS) is 33.0. The van der Waals surface area contributed by atoms with E-state index in [1.165, 1.54) is 37.7 Å². The fourth-order valence-corrected chi connectivity index (χ4v) is 6.22. The summed E-state index contributed by atoms with van der Waals surface area (Å²) >= 11 is 0. The van der Waals surface area contributed by atoms with Crippen LogP contribution >= 0.6 is 0 Å². The summed E-state index contributed by atoms with van der Waals surface area (Å²) in [5.74, 6) is 1.49. The van der Waals surface area contributed by atoms with Crippen LogP contribution in [0.15, 0.2) is 47.6 Å². The average Bonchev–Trinajstić information content (AvgIpc) is 3.14. The molecule has 0 aromatic rings. The number of fused-ring (bicyclic) bond motifs is 1. The molecular weight excluding hydrogens is 408 g/mol. The summed E-state index contributed by atoms with van der Waals surface area (Å²) in [7, 11) is 3.25. The quantitative estimate of drug-likeness (QED) is 0.393. The molecule has 4 unspecified atom stereocenters. The van der Waals surface area contributed by atoms with Crippen LogP contribution in [-0.2, 0) is 4.74 Å². The highest BCUT2D eigenvalue weighted by molar-refractivity contribution is 5.26. The van der Waals surface area contributed by atoms with Gasteiger partial charge in [0.05, 0.1) is 11.7 Å². The monoisotopic (exact) mass is 458 g/mol. The zero-order chi connectivity index (χ0) is 24.3. The minimum atomic E-state index is -0.652. The van der Waals surface area contributed by atoms with Gasteiger partial charge in [0.2, 0.25) is 0 Å². The third-order valence-corrected chi connectivity index (χ3v) is 8.53.